The Morgan fingerprint density at radius 2 is 1.69 bits per heavy atom. The fourth-order valence-electron chi connectivity index (χ4n) is 2.58. The predicted octanol–water partition coefficient (Wildman–Crippen LogP) is 3.89. The lowest BCUT2D eigenvalue weighted by Crippen LogP contribution is -2.32. The van der Waals surface area contributed by atoms with Crippen LogP contribution in [0.4, 0.5) is 10.1 Å². The molecule has 1 N–H and O–H groups in total. The maximum atomic E-state index is 13.7. The summed E-state index contributed by atoms with van der Waals surface area (Å²) in [7, 11) is -4.00. The van der Waals surface area contributed by atoms with Gasteiger partial charge in [0.25, 0.3) is 15.9 Å². The van der Waals surface area contributed by atoms with Crippen molar-refractivity contribution in [3.05, 3.63) is 59.9 Å². The Hall–Kier alpha value is -2.41. The Balaban J connectivity index is 2.30. The van der Waals surface area contributed by atoms with Crippen molar-refractivity contribution in [2.24, 2.45) is 0 Å². The highest BCUT2D eigenvalue weighted by Gasteiger charge is 2.20. The van der Waals surface area contributed by atoms with E-state index in [4.69, 9.17) is 0 Å². The molecule has 0 radical (unpaired) electrons. The normalized spacial score (nSPS) is 11.2. The molecule has 0 aliphatic carbocycles. The molecule has 140 valence electrons. The minimum atomic E-state index is -4.00. The summed E-state index contributed by atoms with van der Waals surface area (Å²) in [6.07, 6.45) is 1.64. The van der Waals surface area contributed by atoms with E-state index in [9.17, 15) is 17.6 Å². The van der Waals surface area contributed by atoms with E-state index >= 15 is 0 Å². The van der Waals surface area contributed by atoms with Crippen molar-refractivity contribution in [1.29, 1.82) is 0 Å². The third-order valence-electron chi connectivity index (χ3n) is 3.78. The van der Waals surface area contributed by atoms with E-state index in [0.29, 0.717) is 18.7 Å². The largest absolute Gasteiger partial charge is 0.339 e. The molecule has 0 bridgehead atoms. The molecule has 7 heteroatoms. The number of amides is 1. The van der Waals surface area contributed by atoms with E-state index < -0.39 is 15.8 Å². The Labute approximate surface area is 153 Å². The van der Waals surface area contributed by atoms with Gasteiger partial charge in [0.1, 0.15) is 5.82 Å². The second-order valence-corrected chi connectivity index (χ2v) is 7.59. The van der Waals surface area contributed by atoms with Crippen molar-refractivity contribution in [3.8, 4) is 0 Å². The number of benzene rings is 2. The van der Waals surface area contributed by atoms with Gasteiger partial charge >= 0.3 is 0 Å². The molecule has 1 amide bonds. The van der Waals surface area contributed by atoms with Gasteiger partial charge in [-0.25, -0.2) is 12.8 Å². The summed E-state index contributed by atoms with van der Waals surface area (Å²) < 4.78 is 41.0. The molecule has 2 aromatic rings. The maximum Gasteiger partial charge on any atom is 0.262 e. The molecule has 0 saturated carbocycles. The fourth-order valence-corrected chi connectivity index (χ4v) is 3.69. The van der Waals surface area contributed by atoms with Crippen molar-refractivity contribution in [1.82, 2.24) is 4.90 Å². The molecule has 0 spiro atoms. The Morgan fingerprint density at radius 3 is 2.31 bits per heavy atom. The van der Waals surface area contributed by atoms with E-state index in [1.807, 2.05) is 13.8 Å². The number of nitrogens with zero attached hydrogens (tertiary/aromatic N) is 1. The first-order valence-corrected chi connectivity index (χ1v) is 10.0. The maximum absolute atomic E-state index is 13.7. The molecule has 2 rings (SSSR count). The molecule has 0 unspecified atom stereocenters. The number of hydrogen-bond acceptors (Lipinski definition) is 3. The molecule has 0 atom stereocenters. The molecule has 2 aromatic carbocycles. The zero-order valence-electron chi connectivity index (χ0n) is 14.9. The van der Waals surface area contributed by atoms with Crippen LogP contribution in [0, 0.1) is 5.82 Å². The van der Waals surface area contributed by atoms with Gasteiger partial charge in [-0.3, -0.25) is 9.52 Å². The summed E-state index contributed by atoms with van der Waals surface area (Å²) in [6, 6.07) is 11.3. The topological polar surface area (TPSA) is 66.5 Å². The summed E-state index contributed by atoms with van der Waals surface area (Å²) in [5.74, 6) is -0.878. The molecule has 26 heavy (non-hydrogen) atoms. The van der Waals surface area contributed by atoms with Crippen LogP contribution in [0.5, 0.6) is 0 Å². The number of anilines is 1. The van der Waals surface area contributed by atoms with Crippen molar-refractivity contribution < 1.29 is 17.6 Å². The summed E-state index contributed by atoms with van der Waals surface area (Å²) in [6.45, 7) is 5.18. The minimum absolute atomic E-state index is 0.0837. The van der Waals surface area contributed by atoms with Crippen molar-refractivity contribution in [2.75, 3.05) is 17.8 Å². The van der Waals surface area contributed by atoms with Gasteiger partial charge in [-0.15, -0.1) is 0 Å². The Morgan fingerprint density at radius 1 is 1.04 bits per heavy atom. The number of carbonyl (C=O) groups excluding carboxylic acids is 1. The van der Waals surface area contributed by atoms with Crippen molar-refractivity contribution >= 4 is 21.6 Å². The van der Waals surface area contributed by atoms with Crippen LogP contribution in [-0.4, -0.2) is 32.3 Å². The molecular formula is C19H23FN2O3S. The van der Waals surface area contributed by atoms with Crippen LogP contribution in [0.3, 0.4) is 0 Å². The lowest BCUT2D eigenvalue weighted by atomic mass is 10.2. The number of carbonyl (C=O) groups is 1. The van der Waals surface area contributed by atoms with Gasteiger partial charge < -0.3 is 4.90 Å². The van der Waals surface area contributed by atoms with E-state index in [-0.39, 0.29) is 16.5 Å². The predicted molar refractivity (Wildman–Crippen MR) is 100 cm³/mol. The van der Waals surface area contributed by atoms with Gasteiger partial charge in [-0.2, -0.15) is 0 Å². The number of nitrogens with one attached hydrogen (secondary N) is 1. The van der Waals surface area contributed by atoms with Crippen molar-refractivity contribution in [3.63, 3.8) is 0 Å². The first-order valence-electron chi connectivity index (χ1n) is 8.55. The summed E-state index contributed by atoms with van der Waals surface area (Å²) in [5.41, 5.74) is 0.158. The lowest BCUT2D eigenvalue weighted by molar-refractivity contribution is 0.0755. The fraction of sp³-hybridized carbons (Fsp3) is 0.316. The summed E-state index contributed by atoms with van der Waals surface area (Å²) in [5, 5.41) is 0. The number of hydrogen-bond donors (Lipinski definition) is 1. The standard InChI is InChI=1S/C19H23FN2O3S/c1-3-12-22(13-4-2)19(23)15-8-7-9-16(14-15)26(24,25)21-18-11-6-5-10-17(18)20/h5-11,14,21H,3-4,12-13H2,1-2H3. The minimum Gasteiger partial charge on any atom is -0.339 e. The summed E-state index contributed by atoms with van der Waals surface area (Å²) in [4.78, 5) is 14.3. The molecule has 0 heterocycles. The van der Waals surface area contributed by atoms with Crippen molar-refractivity contribution in [2.45, 2.75) is 31.6 Å². The average Bonchev–Trinajstić information content (AvgIpc) is 2.63. The van der Waals surface area contributed by atoms with E-state index in [1.54, 1.807) is 11.0 Å². The zero-order chi connectivity index (χ0) is 19.2. The highest BCUT2D eigenvalue weighted by atomic mass is 32.2. The number of rotatable bonds is 8. The van der Waals surface area contributed by atoms with Crippen LogP contribution in [0.2, 0.25) is 0 Å². The van der Waals surface area contributed by atoms with Gasteiger partial charge in [0, 0.05) is 18.7 Å². The Kier molecular flexibility index (Phi) is 6.74. The SMILES string of the molecule is CCCN(CCC)C(=O)c1cccc(S(=O)(=O)Nc2ccccc2F)c1. The third-order valence-corrected chi connectivity index (χ3v) is 5.15. The zero-order valence-corrected chi connectivity index (χ0v) is 15.7. The molecule has 0 aromatic heterocycles. The molecular weight excluding hydrogens is 355 g/mol. The van der Waals surface area contributed by atoms with E-state index in [2.05, 4.69) is 4.72 Å². The number of sulfonamides is 1. The smallest absolute Gasteiger partial charge is 0.262 e. The van der Waals surface area contributed by atoms with Gasteiger partial charge in [-0.05, 0) is 43.2 Å². The van der Waals surface area contributed by atoms with Gasteiger partial charge in [0.15, 0.2) is 0 Å². The average molecular weight is 378 g/mol. The first kappa shape index (κ1) is 19.9. The molecule has 5 nitrogen and oxygen atoms in total. The van der Waals surface area contributed by atoms with Crippen LogP contribution in [-0.2, 0) is 10.0 Å². The first-order chi connectivity index (χ1) is 12.4. The molecule has 0 aliphatic heterocycles. The molecule has 0 saturated heterocycles. The van der Waals surface area contributed by atoms with E-state index in [0.717, 1.165) is 12.8 Å². The molecule has 0 fully saturated rings. The second-order valence-electron chi connectivity index (χ2n) is 5.91. The number of halogens is 1. The summed E-state index contributed by atoms with van der Waals surface area (Å²) >= 11 is 0. The van der Waals surface area contributed by atoms with Crippen LogP contribution >= 0.6 is 0 Å². The quantitative estimate of drug-likeness (QED) is 0.758. The number of para-hydroxylation sites is 1. The Bertz CT molecular complexity index is 863. The second kappa shape index (κ2) is 8.80. The van der Waals surface area contributed by atoms with Gasteiger partial charge in [0.05, 0.1) is 10.6 Å². The lowest BCUT2D eigenvalue weighted by Gasteiger charge is -2.21. The van der Waals surface area contributed by atoms with Crippen LogP contribution < -0.4 is 4.72 Å². The molecule has 0 aliphatic rings. The van der Waals surface area contributed by atoms with E-state index in [1.165, 1.54) is 42.5 Å². The van der Waals surface area contributed by atoms with Crippen LogP contribution in [0.1, 0.15) is 37.0 Å². The van der Waals surface area contributed by atoms with Gasteiger partial charge in [0.2, 0.25) is 0 Å². The van der Waals surface area contributed by atoms with Crippen LogP contribution in [0.25, 0.3) is 0 Å². The monoisotopic (exact) mass is 378 g/mol. The highest BCUT2D eigenvalue weighted by molar-refractivity contribution is 7.92. The highest BCUT2D eigenvalue weighted by Crippen LogP contribution is 2.20. The van der Waals surface area contributed by atoms with Gasteiger partial charge in [-0.1, -0.05) is 32.0 Å². The third kappa shape index (κ3) is 4.82. The van der Waals surface area contributed by atoms with Crippen LogP contribution in [0.15, 0.2) is 53.4 Å².